The lowest BCUT2D eigenvalue weighted by atomic mass is 9.81. The summed E-state index contributed by atoms with van der Waals surface area (Å²) in [5.74, 6) is -1.41. The summed E-state index contributed by atoms with van der Waals surface area (Å²) in [6.45, 7) is 3.56. The van der Waals surface area contributed by atoms with Gasteiger partial charge in [-0.15, -0.1) is 0 Å². The molecular formula is C14H21NO4. The number of hydrogen-bond acceptors (Lipinski definition) is 3. The van der Waals surface area contributed by atoms with Crippen LogP contribution in [0.5, 0.6) is 0 Å². The second-order valence-corrected chi connectivity index (χ2v) is 6.22. The molecule has 0 bridgehead atoms. The molecule has 0 spiro atoms. The third-order valence-electron chi connectivity index (χ3n) is 4.40. The van der Waals surface area contributed by atoms with Crippen molar-refractivity contribution in [2.45, 2.75) is 57.9 Å². The summed E-state index contributed by atoms with van der Waals surface area (Å²) < 4.78 is 0. The molecule has 1 aliphatic carbocycles. The maximum atomic E-state index is 12.4. The van der Waals surface area contributed by atoms with Crippen LogP contribution in [0.4, 0.5) is 0 Å². The molecule has 1 heterocycles. The molecule has 2 atom stereocenters. The van der Waals surface area contributed by atoms with E-state index in [1.807, 2.05) is 0 Å². The molecule has 2 unspecified atom stereocenters. The third-order valence-corrected chi connectivity index (χ3v) is 4.40. The normalized spacial score (nSPS) is 27.6. The van der Waals surface area contributed by atoms with E-state index >= 15 is 0 Å². The number of aliphatic carboxylic acids is 1. The number of amides is 2. The van der Waals surface area contributed by atoms with Gasteiger partial charge >= 0.3 is 5.97 Å². The second kappa shape index (κ2) is 4.94. The van der Waals surface area contributed by atoms with Gasteiger partial charge in [-0.25, -0.2) is 0 Å². The van der Waals surface area contributed by atoms with Gasteiger partial charge in [-0.3, -0.25) is 19.3 Å². The molecule has 2 aliphatic rings. The number of hydrogen-bond donors (Lipinski definition) is 1. The monoisotopic (exact) mass is 267 g/mol. The fourth-order valence-corrected chi connectivity index (χ4v) is 3.28. The largest absolute Gasteiger partial charge is 0.481 e. The highest BCUT2D eigenvalue weighted by molar-refractivity contribution is 6.05. The molecule has 5 nitrogen and oxygen atoms in total. The van der Waals surface area contributed by atoms with Crippen LogP contribution in [-0.4, -0.2) is 33.3 Å². The number of nitrogens with zero attached hydrogens (tertiary/aromatic N) is 1. The van der Waals surface area contributed by atoms with Gasteiger partial charge in [0.1, 0.15) is 0 Å². The Kier molecular flexibility index (Phi) is 3.65. The van der Waals surface area contributed by atoms with Gasteiger partial charge in [-0.05, 0) is 33.1 Å². The van der Waals surface area contributed by atoms with E-state index in [0.717, 1.165) is 25.7 Å². The van der Waals surface area contributed by atoms with E-state index < -0.39 is 11.5 Å². The Morgan fingerprint density at radius 2 is 1.68 bits per heavy atom. The van der Waals surface area contributed by atoms with Gasteiger partial charge < -0.3 is 5.11 Å². The summed E-state index contributed by atoms with van der Waals surface area (Å²) in [7, 11) is 0. The Morgan fingerprint density at radius 3 is 2.11 bits per heavy atom. The van der Waals surface area contributed by atoms with E-state index in [1.54, 1.807) is 13.8 Å². The van der Waals surface area contributed by atoms with Crippen molar-refractivity contribution in [3.63, 3.8) is 0 Å². The van der Waals surface area contributed by atoms with Crippen LogP contribution in [-0.2, 0) is 14.4 Å². The van der Waals surface area contributed by atoms with E-state index in [9.17, 15) is 14.4 Å². The first-order valence-electron chi connectivity index (χ1n) is 6.94. The fourth-order valence-electron chi connectivity index (χ4n) is 3.28. The maximum Gasteiger partial charge on any atom is 0.303 e. The molecule has 1 saturated carbocycles. The van der Waals surface area contributed by atoms with E-state index in [2.05, 4.69) is 0 Å². The number of rotatable bonds is 4. The van der Waals surface area contributed by atoms with Crippen LogP contribution in [0.3, 0.4) is 0 Å². The molecule has 1 aliphatic heterocycles. The average Bonchev–Trinajstić information content (AvgIpc) is 2.61. The lowest BCUT2D eigenvalue weighted by molar-refractivity contribution is -0.148. The fraction of sp³-hybridized carbons (Fsp3) is 0.786. The summed E-state index contributed by atoms with van der Waals surface area (Å²) in [5, 5.41) is 8.77. The van der Waals surface area contributed by atoms with Crippen LogP contribution < -0.4 is 0 Å². The summed E-state index contributed by atoms with van der Waals surface area (Å²) in [5.41, 5.74) is -0.704. The van der Waals surface area contributed by atoms with Crippen LogP contribution in [0.15, 0.2) is 0 Å². The standard InChI is InChI=1S/C14H21NO4/c1-14(2,8-7-11(16)17)15-12(18)9-5-3-4-6-10(9)13(15)19/h9-10H,3-8H2,1-2H3,(H,16,17). The van der Waals surface area contributed by atoms with Crippen molar-refractivity contribution in [3.05, 3.63) is 0 Å². The minimum atomic E-state index is -0.899. The predicted molar refractivity (Wildman–Crippen MR) is 68.2 cm³/mol. The third kappa shape index (κ3) is 2.51. The van der Waals surface area contributed by atoms with E-state index in [-0.39, 0.29) is 30.1 Å². The molecule has 19 heavy (non-hydrogen) atoms. The molecule has 1 N–H and O–H groups in total. The molecule has 2 rings (SSSR count). The van der Waals surface area contributed by atoms with Gasteiger partial charge in [0.15, 0.2) is 0 Å². The molecule has 106 valence electrons. The van der Waals surface area contributed by atoms with Crippen LogP contribution in [0, 0.1) is 11.8 Å². The highest BCUT2D eigenvalue weighted by atomic mass is 16.4. The summed E-state index contributed by atoms with van der Waals surface area (Å²) in [4.78, 5) is 36.8. The number of fused-ring (bicyclic) bond motifs is 1. The molecule has 5 heteroatoms. The lowest BCUT2D eigenvalue weighted by Crippen LogP contribution is -2.48. The number of carbonyl (C=O) groups is 3. The molecule has 0 aromatic rings. The zero-order valence-electron chi connectivity index (χ0n) is 11.5. The molecule has 1 saturated heterocycles. The minimum absolute atomic E-state index is 0.0284. The van der Waals surface area contributed by atoms with Crippen LogP contribution in [0.2, 0.25) is 0 Å². The Balaban J connectivity index is 2.17. The van der Waals surface area contributed by atoms with Gasteiger partial charge in [0.2, 0.25) is 11.8 Å². The molecular weight excluding hydrogens is 246 g/mol. The van der Waals surface area contributed by atoms with Crippen molar-refractivity contribution in [1.29, 1.82) is 0 Å². The highest BCUT2D eigenvalue weighted by Gasteiger charge is 2.52. The molecule has 0 aromatic carbocycles. The van der Waals surface area contributed by atoms with Crippen molar-refractivity contribution >= 4 is 17.8 Å². The summed E-state index contributed by atoms with van der Waals surface area (Å²) >= 11 is 0. The van der Waals surface area contributed by atoms with Crippen molar-refractivity contribution in [2.24, 2.45) is 11.8 Å². The van der Waals surface area contributed by atoms with Gasteiger partial charge in [-0.2, -0.15) is 0 Å². The number of carboxylic acid groups (broad SMARTS) is 1. The van der Waals surface area contributed by atoms with Crippen molar-refractivity contribution in [2.75, 3.05) is 0 Å². The Labute approximate surface area is 113 Å². The molecule has 0 aromatic heterocycles. The van der Waals surface area contributed by atoms with Gasteiger partial charge in [-0.1, -0.05) is 12.8 Å². The molecule has 2 amide bonds. The van der Waals surface area contributed by atoms with E-state index in [0.29, 0.717) is 6.42 Å². The summed E-state index contributed by atoms with van der Waals surface area (Å²) in [6, 6.07) is 0. The number of carboxylic acids is 1. The van der Waals surface area contributed by atoms with Gasteiger partial charge in [0.25, 0.3) is 0 Å². The molecule has 0 radical (unpaired) electrons. The number of likely N-dealkylation sites (tertiary alicyclic amines) is 1. The molecule has 2 fully saturated rings. The van der Waals surface area contributed by atoms with Crippen molar-refractivity contribution in [1.82, 2.24) is 4.90 Å². The second-order valence-electron chi connectivity index (χ2n) is 6.22. The highest BCUT2D eigenvalue weighted by Crippen LogP contribution is 2.41. The van der Waals surface area contributed by atoms with Crippen LogP contribution in [0.25, 0.3) is 0 Å². The minimum Gasteiger partial charge on any atom is -0.481 e. The first-order chi connectivity index (χ1) is 8.84. The van der Waals surface area contributed by atoms with Crippen molar-refractivity contribution in [3.8, 4) is 0 Å². The zero-order chi connectivity index (χ0) is 14.2. The lowest BCUT2D eigenvalue weighted by Gasteiger charge is -2.34. The first kappa shape index (κ1) is 14.0. The Bertz CT molecular complexity index is 392. The Morgan fingerprint density at radius 1 is 1.21 bits per heavy atom. The number of imide groups is 1. The van der Waals surface area contributed by atoms with Crippen LogP contribution in [0.1, 0.15) is 52.4 Å². The van der Waals surface area contributed by atoms with E-state index in [4.69, 9.17) is 5.11 Å². The smallest absolute Gasteiger partial charge is 0.303 e. The predicted octanol–water partition coefficient (Wildman–Crippen LogP) is 1.80. The van der Waals surface area contributed by atoms with E-state index in [1.165, 1.54) is 4.90 Å². The van der Waals surface area contributed by atoms with Gasteiger partial charge in [0, 0.05) is 12.0 Å². The van der Waals surface area contributed by atoms with Crippen LogP contribution >= 0.6 is 0 Å². The zero-order valence-corrected chi connectivity index (χ0v) is 11.5. The number of carbonyl (C=O) groups excluding carboxylic acids is 2. The Hall–Kier alpha value is -1.39. The van der Waals surface area contributed by atoms with Gasteiger partial charge in [0.05, 0.1) is 11.8 Å². The maximum absolute atomic E-state index is 12.4. The summed E-state index contributed by atoms with van der Waals surface area (Å²) in [6.07, 6.45) is 3.87. The SMILES string of the molecule is CC(C)(CCC(=O)O)N1C(=O)C2CCCCC2C1=O. The quantitative estimate of drug-likeness (QED) is 0.788. The van der Waals surface area contributed by atoms with Crippen molar-refractivity contribution < 1.29 is 19.5 Å². The first-order valence-corrected chi connectivity index (χ1v) is 6.94. The average molecular weight is 267 g/mol. The topological polar surface area (TPSA) is 74.7 Å².